The summed E-state index contributed by atoms with van der Waals surface area (Å²) in [6, 6.07) is 3.27. The van der Waals surface area contributed by atoms with Crippen LogP contribution >= 0.6 is 0 Å². The number of rotatable bonds is 0. The monoisotopic (exact) mass is 164 g/mol. The number of halogens is 1. The Labute approximate surface area is 69.6 Å². The van der Waals surface area contributed by atoms with E-state index in [-0.39, 0.29) is 5.82 Å². The molecule has 62 valence electrons. The quantitative estimate of drug-likeness (QED) is 0.582. The van der Waals surface area contributed by atoms with Gasteiger partial charge in [-0.1, -0.05) is 0 Å². The van der Waals surface area contributed by atoms with E-state index < -0.39 is 0 Å². The minimum absolute atomic E-state index is 0.175. The maximum absolute atomic E-state index is 13.1. The van der Waals surface area contributed by atoms with Gasteiger partial charge in [0.15, 0.2) is 0 Å². The van der Waals surface area contributed by atoms with Gasteiger partial charge in [-0.3, -0.25) is 0 Å². The summed E-state index contributed by atoms with van der Waals surface area (Å²) in [6.45, 7) is 1.74. The molecule has 0 bridgehead atoms. The van der Waals surface area contributed by atoms with Crippen LogP contribution in [0.3, 0.4) is 0 Å². The number of imidazole rings is 1. The second-order valence-electron chi connectivity index (χ2n) is 2.95. The molecule has 1 heterocycles. The van der Waals surface area contributed by atoms with Gasteiger partial charge in [0.2, 0.25) is 0 Å². The van der Waals surface area contributed by atoms with Crippen molar-refractivity contribution >= 4 is 11.0 Å². The molecule has 0 saturated heterocycles. The number of hydrogen-bond donors (Lipinski definition) is 0. The van der Waals surface area contributed by atoms with Crippen molar-refractivity contribution in [3.05, 3.63) is 29.8 Å². The number of aryl methyl sites for hydroxylation is 2. The van der Waals surface area contributed by atoms with Gasteiger partial charge in [-0.2, -0.15) is 0 Å². The van der Waals surface area contributed by atoms with Gasteiger partial charge in [-0.25, -0.2) is 9.37 Å². The lowest BCUT2D eigenvalue weighted by atomic mass is 10.2. The van der Waals surface area contributed by atoms with E-state index in [0.29, 0.717) is 5.56 Å². The molecule has 1 aromatic carbocycles. The normalized spacial score (nSPS) is 10.9. The summed E-state index contributed by atoms with van der Waals surface area (Å²) in [5.74, 6) is -0.175. The van der Waals surface area contributed by atoms with Gasteiger partial charge < -0.3 is 4.57 Å². The standard InChI is InChI=1S/C9H9FN2/c1-6-3-8-9(4-7(6)10)12(2)5-11-8/h3-5H,1-2H3. The second kappa shape index (κ2) is 2.30. The first-order valence-corrected chi connectivity index (χ1v) is 3.75. The maximum atomic E-state index is 13.1. The third kappa shape index (κ3) is 0.897. The van der Waals surface area contributed by atoms with E-state index in [4.69, 9.17) is 0 Å². The Balaban J connectivity index is 2.87. The Morgan fingerprint density at radius 2 is 2.17 bits per heavy atom. The fourth-order valence-corrected chi connectivity index (χ4v) is 1.25. The van der Waals surface area contributed by atoms with Crippen LogP contribution in [0.4, 0.5) is 4.39 Å². The summed E-state index contributed by atoms with van der Waals surface area (Å²) >= 11 is 0. The van der Waals surface area contributed by atoms with Crippen LogP contribution < -0.4 is 0 Å². The zero-order valence-corrected chi connectivity index (χ0v) is 7.00. The zero-order valence-electron chi connectivity index (χ0n) is 7.00. The number of hydrogen-bond acceptors (Lipinski definition) is 1. The molecule has 0 radical (unpaired) electrons. The van der Waals surface area contributed by atoms with Crippen molar-refractivity contribution in [2.24, 2.45) is 7.05 Å². The van der Waals surface area contributed by atoms with Crippen molar-refractivity contribution in [2.75, 3.05) is 0 Å². The van der Waals surface area contributed by atoms with Gasteiger partial charge in [-0.15, -0.1) is 0 Å². The summed E-state index contributed by atoms with van der Waals surface area (Å²) < 4.78 is 14.9. The SMILES string of the molecule is Cc1cc2ncn(C)c2cc1F. The van der Waals surface area contributed by atoms with Crippen LogP contribution in [0, 0.1) is 12.7 Å². The summed E-state index contributed by atoms with van der Waals surface area (Å²) in [5, 5.41) is 0. The molecule has 0 saturated carbocycles. The Morgan fingerprint density at radius 3 is 2.92 bits per heavy atom. The maximum Gasteiger partial charge on any atom is 0.128 e. The molecule has 0 fully saturated rings. The number of benzene rings is 1. The molecular weight excluding hydrogens is 155 g/mol. The Hall–Kier alpha value is -1.38. The van der Waals surface area contributed by atoms with Crippen LogP contribution in [0.2, 0.25) is 0 Å². The molecular formula is C9H9FN2. The van der Waals surface area contributed by atoms with Gasteiger partial charge >= 0.3 is 0 Å². The van der Waals surface area contributed by atoms with Gasteiger partial charge in [0.05, 0.1) is 17.4 Å². The lowest BCUT2D eigenvalue weighted by Gasteiger charge is -1.97. The highest BCUT2D eigenvalue weighted by Crippen LogP contribution is 2.16. The van der Waals surface area contributed by atoms with Gasteiger partial charge in [0, 0.05) is 13.1 Å². The molecule has 0 aliphatic carbocycles. The first kappa shape index (κ1) is 7.28. The van der Waals surface area contributed by atoms with Crippen molar-refractivity contribution < 1.29 is 4.39 Å². The van der Waals surface area contributed by atoms with Gasteiger partial charge in [-0.05, 0) is 18.6 Å². The highest BCUT2D eigenvalue weighted by atomic mass is 19.1. The predicted octanol–water partition coefficient (Wildman–Crippen LogP) is 2.02. The largest absolute Gasteiger partial charge is 0.334 e. The van der Waals surface area contributed by atoms with Crippen molar-refractivity contribution in [3.63, 3.8) is 0 Å². The smallest absolute Gasteiger partial charge is 0.128 e. The molecule has 1 aromatic heterocycles. The predicted molar refractivity (Wildman–Crippen MR) is 45.4 cm³/mol. The van der Waals surface area contributed by atoms with E-state index in [1.165, 1.54) is 6.07 Å². The number of nitrogens with zero attached hydrogens (tertiary/aromatic N) is 2. The Bertz CT molecular complexity index is 431. The lowest BCUT2D eigenvalue weighted by molar-refractivity contribution is 0.619. The van der Waals surface area contributed by atoms with E-state index in [0.717, 1.165) is 11.0 Å². The van der Waals surface area contributed by atoms with E-state index in [9.17, 15) is 4.39 Å². The minimum atomic E-state index is -0.175. The topological polar surface area (TPSA) is 17.8 Å². The molecule has 12 heavy (non-hydrogen) atoms. The average molecular weight is 164 g/mol. The van der Waals surface area contributed by atoms with Crippen molar-refractivity contribution in [2.45, 2.75) is 6.92 Å². The van der Waals surface area contributed by atoms with Crippen LogP contribution in [0.1, 0.15) is 5.56 Å². The molecule has 0 amide bonds. The van der Waals surface area contributed by atoms with E-state index in [1.807, 2.05) is 7.05 Å². The third-order valence-electron chi connectivity index (χ3n) is 2.01. The lowest BCUT2D eigenvalue weighted by Crippen LogP contribution is -1.86. The zero-order chi connectivity index (χ0) is 8.72. The van der Waals surface area contributed by atoms with Crippen LogP contribution in [0.5, 0.6) is 0 Å². The van der Waals surface area contributed by atoms with E-state index >= 15 is 0 Å². The van der Waals surface area contributed by atoms with Gasteiger partial charge in [0.1, 0.15) is 5.82 Å². The average Bonchev–Trinajstić information content (AvgIpc) is 2.35. The number of aromatic nitrogens is 2. The van der Waals surface area contributed by atoms with Gasteiger partial charge in [0.25, 0.3) is 0 Å². The molecule has 3 heteroatoms. The second-order valence-corrected chi connectivity index (χ2v) is 2.95. The van der Waals surface area contributed by atoms with Crippen molar-refractivity contribution in [1.82, 2.24) is 9.55 Å². The fourth-order valence-electron chi connectivity index (χ4n) is 1.25. The van der Waals surface area contributed by atoms with Crippen LogP contribution in [0.15, 0.2) is 18.5 Å². The first-order valence-electron chi connectivity index (χ1n) is 3.75. The number of fused-ring (bicyclic) bond motifs is 1. The van der Waals surface area contributed by atoms with Crippen LogP contribution in [-0.2, 0) is 7.05 Å². The molecule has 2 aromatic rings. The Morgan fingerprint density at radius 1 is 1.42 bits per heavy atom. The minimum Gasteiger partial charge on any atom is -0.334 e. The van der Waals surface area contributed by atoms with E-state index in [1.54, 1.807) is 23.9 Å². The molecule has 0 spiro atoms. The Kier molecular flexibility index (Phi) is 1.40. The first-order chi connectivity index (χ1) is 5.68. The highest BCUT2D eigenvalue weighted by Gasteiger charge is 2.03. The molecule has 0 N–H and O–H groups in total. The van der Waals surface area contributed by atoms with Crippen LogP contribution in [-0.4, -0.2) is 9.55 Å². The highest BCUT2D eigenvalue weighted by molar-refractivity contribution is 5.76. The van der Waals surface area contributed by atoms with Crippen molar-refractivity contribution in [1.29, 1.82) is 0 Å². The molecule has 0 atom stereocenters. The summed E-state index contributed by atoms with van der Waals surface area (Å²) in [7, 11) is 1.85. The fraction of sp³-hybridized carbons (Fsp3) is 0.222. The summed E-state index contributed by atoms with van der Waals surface area (Å²) in [4.78, 5) is 4.12. The third-order valence-corrected chi connectivity index (χ3v) is 2.01. The molecule has 2 rings (SSSR count). The molecule has 0 aliphatic heterocycles. The van der Waals surface area contributed by atoms with E-state index in [2.05, 4.69) is 4.98 Å². The molecule has 0 aliphatic rings. The van der Waals surface area contributed by atoms with Crippen LogP contribution in [0.25, 0.3) is 11.0 Å². The summed E-state index contributed by atoms with van der Waals surface area (Å²) in [6.07, 6.45) is 1.68. The molecule has 2 nitrogen and oxygen atoms in total. The molecule has 0 unspecified atom stereocenters. The summed E-state index contributed by atoms with van der Waals surface area (Å²) in [5.41, 5.74) is 2.32. The van der Waals surface area contributed by atoms with Crippen molar-refractivity contribution in [3.8, 4) is 0 Å².